The number of benzene rings is 2. The Labute approximate surface area is 154 Å². The number of nitrogens with two attached hydrogens (primary N) is 1. The molecule has 3 rings (SSSR count). The maximum absolute atomic E-state index is 12.6. The van der Waals surface area contributed by atoms with Gasteiger partial charge in [0.25, 0.3) is 5.91 Å². The molecule has 0 saturated carbocycles. The Morgan fingerprint density at radius 1 is 1.08 bits per heavy atom. The van der Waals surface area contributed by atoms with Crippen LogP contribution in [0.15, 0.2) is 48.5 Å². The van der Waals surface area contributed by atoms with Crippen molar-refractivity contribution >= 4 is 23.0 Å². The van der Waals surface area contributed by atoms with Crippen molar-refractivity contribution in [3.63, 3.8) is 0 Å². The molecule has 1 amide bonds. The first-order chi connectivity index (χ1) is 12.7. The van der Waals surface area contributed by atoms with Crippen LogP contribution in [0.1, 0.15) is 10.4 Å². The van der Waals surface area contributed by atoms with E-state index < -0.39 is 0 Å². The number of nitrogens with one attached hydrogen (secondary N) is 1. The molecule has 1 aliphatic heterocycles. The molecule has 6 heteroatoms. The lowest BCUT2D eigenvalue weighted by Crippen LogP contribution is -2.47. The molecule has 2 aromatic rings. The average Bonchev–Trinajstić information content (AvgIpc) is 2.69. The van der Waals surface area contributed by atoms with E-state index in [1.807, 2.05) is 18.2 Å². The number of nitrogen functional groups attached to an aromatic ring is 1. The Morgan fingerprint density at radius 3 is 2.46 bits per heavy atom. The van der Waals surface area contributed by atoms with Crippen LogP contribution in [0.2, 0.25) is 0 Å². The van der Waals surface area contributed by atoms with Crippen LogP contribution in [-0.4, -0.2) is 52.3 Å². The minimum Gasteiger partial charge on any atom is -0.399 e. The van der Waals surface area contributed by atoms with Gasteiger partial charge >= 0.3 is 0 Å². The summed E-state index contributed by atoms with van der Waals surface area (Å²) < 4.78 is 5.00. The molecule has 0 unspecified atom stereocenters. The fourth-order valence-electron chi connectivity index (χ4n) is 3.22. The molecule has 0 spiro atoms. The second-order valence-corrected chi connectivity index (χ2v) is 6.33. The van der Waals surface area contributed by atoms with Crippen LogP contribution in [-0.2, 0) is 4.74 Å². The first-order valence-electron chi connectivity index (χ1n) is 8.90. The number of carbonyl (C=O) groups is 1. The van der Waals surface area contributed by atoms with Crippen molar-refractivity contribution in [2.45, 2.75) is 0 Å². The van der Waals surface area contributed by atoms with Gasteiger partial charge in [0.1, 0.15) is 0 Å². The summed E-state index contributed by atoms with van der Waals surface area (Å²) in [5.41, 5.74) is 9.30. The van der Waals surface area contributed by atoms with Crippen molar-refractivity contribution in [3.8, 4) is 0 Å². The van der Waals surface area contributed by atoms with Gasteiger partial charge in [-0.1, -0.05) is 18.2 Å². The summed E-state index contributed by atoms with van der Waals surface area (Å²) in [6, 6.07) is 16.0. The predicted molar refractivity (Wildman–Crippen MR) is 106 cm³/mol. The van der Waals surface area contributed by atoms with Crippen LogP contribution in [0.5, 0.6) is 0 Å². The molecule has 0 aliphatic carbocycles. The SMILES string of the molecule is COCCNC(=O)c1cc(N)ccc1N1CCN(c2ccccc2)CC1. The number of hydrogen-bond donors (Lipinski definition) is 2. The fraction of sp³-hybridized carbons (Fsp3) is 0.350. The molecule has 26 heavy (non-hydrogen) atoms. The molecular formula is C20H26N4O2. The number of methoxy groups -OCH3 is 1. The molecule has 1 aliphatic rings. The standard InChI is InChI=1S/C20H26N4O2/c1-26-14-9-22-20(25)18-15-16(21)7-8-19(18)24-12-10-23(11-13-24)17-5-3-2-4-6-17/h2-8,15H,9-14,21H2,1H3,(H,22,25). The van der Waals surface area contributed by atoms with Crippen LogP contribution < -0.4 is 20.9 Å². The molecule has 2 aromatic carbocycles. The first-order valence-corrected chi connectivity index (χ1v) is 8.90. The number of anilines is 3. The summed E-state index contributed by atoms with van der Waals surface area (Å²) in [7, 11) is 1.62. The third-order valence-electron chi connectivity index (χ3n) is 4.60. The van der Waals surface area contributed by atoms with Gasteiger partial charge in [-0.05, 0) is 30.3 Å². The zero-order chi connectivity index (χ0) is 18.4. The van der Waals surface area contributed by atoms with Crippen molar-refractivity contribution in [2.24, 2.45) is 0 Å². The summed E-state index contributed by atoms with van der Waals surface area (Å²) in [6.45, 7) is 4.51. The highest BCUT2D eigenvalue weighted by atomic mass is 16.5. The minimum absolute atomic E-state index is 0.116. The van der Waals surface area contributed by atoms with E-state index in [1.54, 1.807) is 13.2 Å². The molecule has 1 saturated heterocycles. The highest BCUT2D eigenvalue weighted by Crippen LogP contribution is 2.26. The number of carbonyl (C=O) groups excluding carboxylic acids is 1. The molecule has 1 heterocycles. The lowest BCUT2D eigenvalue weighted by atomic mass is 10.1. The maximum Gasteiger partial charge on any atom is 0.253 e. The summed E-state index contributed by atoms with van der Waals surface area (Å²) in [4.78, 5) is 17.2. The van der Waals surface area contributed by atoms with Gasteiger partial charge in [0.05, 0.1) is 12.2 Å². The topological polar surface area (TPSA) is 70.8 Å². The van der Waals surface area contributed by atoms with E-state index in [4.69, 9.17) is 10.5 Å². The molecular weight excluding hydrogens is 328 g/mol. The van der Waals surface area contributed by atoms with Gasteiger partial charge in [-0.25, -0.2) is 0 Å². The maximum atomic E-state index is 12.6. The number of amides is 1. The van der Waals surface area contributed by atoms with E-state index in [0.29, 0.717) is 24.4 Å². The van der Waals surface area contributed by atoms with Crippen molar-refractivity contribution in [1.82, 2.24) is 5.32 Å². The lowest BCUT2D eigenvalue weighted by Gasteiger charge is -2.38. The number of hydrogen-bond acceptors (Lipinski definition) is 5. The Balaban J connectivity index is 1.70. The van der Waals surface area contributed by atoms with Crippen molar-refractivity contribution < 1.29 is 9.53 Å². The number of nitrogens with zero attached hydrogens (tertiary/aromatic N) is 2. The highest BCUT2D eigenvalue weighted by Gasteiger charge is 2.22. The molecule has 0 radical (unpaired) electrons. The van der Waals surface area contributed by atoms with E-state index in [2.05, 4.69) is 39.4 Å². The third-order valence-corrected chi connectivity index (χ3v) is 4.60. The van der Waals surface area contributed by atoms with Crippen LogP contribution in [0.3, 0.4) is 0 Å². The Kier molecular flexibility index (Phi) is 5.96. The molecule has 0 atom stereocenters. The van der Waals surface area contributed by atoms with Gasteiger partial charge in [0.2, 0.25) is 0 Å². The van der Waals surface area contributed by atoms with Crippen molar-refractivity contribution in [3.05, 3.63) is 54.1 Å². The van der Waals surface area contributed by atoms with E-state index in [1.165, 1.54) is 5.69 Å². The van der Waals surface area contributed by atoms with Crippen LogP contribution >= 0.6 is 0 Å². The Bertz CT molecular complexity index is 728. The van der Waals surface area contributed by atoms with E-state index >= 15 is 0 Å². The molecule has 3 N–H and O–H groups in total. The van der Waals surface area contributed by atoms with Crippen LogP contribution in [0.25, 0.3) is 0 Å². The van der Waals surface area contributed by atoms with E-state index in [-0.39, 0.29) is 5.91 Å². The minimum atomic E-state index is -0.116. The van der Waals surface area contributed by atoms with Crippen LogP contribution in [0, 0.1) is 0 Å². The monoisotopic (exact) mass is 354 g/mol. The first kappa shape index (κ1) is 18.1. The van der Waals surface area contributed by atoms with Gasteiger partial charge in [0.15, 0.2) is 0 Å². The smallest absolute Gasteiger partial charge is 0.253 e. The van der Waals surface area contributed by atoms with Gasteiger partial charge in [-0.15, -0.1) is 0 Å². The zero-order valence-corrected chi connectivity index (χ0v) is 15.1. The largest absolute Gasteiger partial charge is 0.399 e. The molecule has 6 nitrogen and oxygen atoms in total. The quantitative estimate of drug-likeness (QED) is 0.613. The van der Waals surface area contributed by atoms with Gasteiger partial charge in [-0.2, -0.15) is 0 Å². The number of piperazine rings is 1. The molecule has 1 fully saturated rings. The molecule has 0 bridgehead atoms. The van der Waals surface area contributed by atoms with E-state index in [0.717, 1.165) is 31.9 Å². The second kappa shape index (κ2) is 8.58. The summed E-state index contributed by atoms with van der Waals surface area (Å²) in [5.74, 6) is -0.116. The average molecular weight is 354 g/mol. The zero-order valence-electron chi connectivity index (χ0n) is 15.1. The van der Waals surface area contributed by atoms with Crippen molar-refractivity contribution in [1.29, 1.82) is 0 Å². The van der Waals surface area contributed by atoms with Gasteiger partial charge in [-0.3, -0.25) is 4.79 Å². The van der Waals surface area contributed by atoms with Gasteiger partial charge < -0.3 is 25.6 Å². The predicted octanol–water partition coefficient (Wildman–Crippen LogP) is 1.97. The lowest BCUT2D eigenvalue weighted by molar-refractivity contribution is 0.0937. The number of ether oxygens (including phenoxy) is 1. The van der Waals surface area contributed by atoms with E-state index in [9.17, 15) is 4.79 Å². The normalized spacial score (nSPS) is 14.3. The second-order valence-electron chi connectivity index (χ2n) is 6.33. The third kappa shape index (κ3) is 4.26. The van der Waals surface area contributed by atoms with Gasteiger partial charge in [0, 0.05) is 56.9 Å². The molecule has 138 valence electrons. The highest BCUT2D eigenvalue weighted by molar-refractivity contribution is 6.00. The Hall–Kier alpha value is -2.73. The summed E-state index contributed by atoms with van der Waals surface area (Å²) >= 11 is 0. The number of rotatable bonds is 6. The summed E-state index contributed by atoms with van der Waals surface area (Å²) in [6.07, 6.45) is 0. The molecule has 0 aromatic heterocycles. The number of para-hydroxylation sites is 1. The van der Waals surface area contributed by atoms with Crippen LogP contribution in [0.4, 0.5) is 17.1 Å². The Morgan fingerprint density at radius 2 is 1.77 bits per heavy atom. The fourth-order valence-corrected chi connectivity index (χ4v) is 3.22. The summed E-state index contributed by atoms with van der Waals surface area (Å²) in [5, 5.41) is 2.88. The van der Waals surface area contributed by atoms with Crippen molar-refractivity contribution in [2.75, 3.05) is 62.0 Å².